The largest absolute Gasteiger partial charge is 0.398 e. The Morgan fingerprint density at radius 1 is 1.28 bits per heavy atom. The zero-order chi connectivity index (χ0) is 26.7. The van der Waals surface area contributed by atoms with Gasteiger partial charge in [-0.2, -0.15) is 0 Å². The SMILES string of the molecule is C#C.C=C/C(=C\C(=C/C)c1ccc(N)c(CC(=C)NC2=C(C)C(C3=CCC=C3)NC=C2)c1)NC(C)C. The number of anilines is 1. The topological polar surface area (TPSA) is 62.1 Å². The zero-order valence-electron chi connectivity index (χ0n) is 22.1. The van der Waals surface area contributed by atoms with Crippen molar-refractivity contribution in [3.8, 4) is 12.8 Å². The van der Waals surface area contributed by atoms with Crippen LogP contribution in [-0.4, -0.2) is 12.1 Å². The molecule has 1 aromatic rings. The van der Waals surface area contributed by atoms with Crippen LogP contribution in [0.5, 0.6) is 0 Å². The molecular weight excluding hydrogens is 440 g/mol. The molecule has 1 aromatic carbocycles. The minimum Gasteiger partial charge on any atom is -0.398 e. The van der Waals surface area contributed by atoms with Crippen LogP contribution in [0.4, 0.5) is 5.69 Å². The Hall–Kier alpha value is -4.10. The van der Waals surface area contributed by atoms with Gasteiger partial charge in [0.15, 0.2) is 0 Å². The minimum absolute atomic E-state index is 0.190. The molecule has 0 fully saturated rings. The second kappa shape index (κ2) is 13.7. The van der Waals surface area contributed by atoms with Crippen LogP contribution in [0, 0.1) is 12.8 Å². The van der Waals surface area contributed by atoms with Crippen LogP contribution < -0.4 is 21.7 Å². The first-order chi connectivity index (χ1) is 17.3. The highest BCUT2D eigenvalue weighted by molar-refractivity contribution is 5.76. The average molecular weight is 481 g/mol. The van der Waals surface area contributed by atoms with E-state index in [0.29, 0.717) is 12.5 Å². The first kappa shape index (κ1) is 28.1. The molecular formula is C32H40N4. The van der Waals surface area contributed by atoms with Gasteiger partial charge < -0.3 is 21.7 Å². The molecule has 4 nitrogen and oxygen atoms in total. The highest BCUT2D eigenvalue weighted by Crippen LogP contribution is 2.26. The van der Waals surface area contributed by atoms with Gasteiger partial charge in [0.05, 0.1) is 6.04 Å². The van der Waals surface area contributed by atoms with Gasteiger partial charge in [0.25, 0.3) is 0 Å². The molecule has 1 atom stereocenters. The molecule has 1 aliphatic carbocycles. The zero-order valence-corrected chi connectivity index (χ0v) is 22.1. The molecule has 3 rings (SSSR count). The predicted molar refractivity (Wildman–Crippen MR) is 158 cm³/mol. The van der Waals surface area contributed by atoms with Gasteiger partial charge in [-0.25, -0.2) is 0 Å². The second-order valence-corrected chi connectivity index (χ2v) is 9.04. The lowest BCUT2D eigenvalue weighted by molar-refractivity contribution is 0.682. The Balaban J connectivity index is 0.00000222. The molecule has 5 N–H and O–H groups in total. The number of nitrogens with two attached hydrogens (primary N) is 1. The van der Waals surface area contributed by atoms with E-state index in [9.17, 15) is 0 Å². The number of hydrogen-bond acceptors (Lipinski definition) is 4. The highest BCUT2D eigenvalue weighted by atomic mass is 15.0. The summed E-state index contributed by atoms with van der Waals surface area (Å²) in [6.45, 7) is 16.7. The Morgan fingerprint density at radius 3 is 2.64 bits per heavy atom. The number of hydrogen-bond donors (Lipinski definition) is 4. The molecule has 0 saturated carbocycles. The van der Waals surface area contributed by atoms with Gasteiger partial charge in [0, 0.05) is 35.2 Å². The van der Waals surface area contributed by atoms with E-state index < -0.39 is 0 Å². The summed E-state index contributed by atoms with van der Waals surface area (Å²) in [5.41, 5.74) is 15.9. The number of rotatable bonds is 10. The molecule has 1 heterocycles. The summed E-state index contributed by atoms with van der Waals surface area (Å²) in [6.07, 6.45) is 26.4. The van der Waals surface area contributed by atoms with Crippen molar-refractivity contribution < 1.29 is 0 Å². The number of benzene rings is 1. The maximum atomic E-state index is 6.35. The number of terminal acetylenes is 1. The Bertz CT molecular complexity index is 1170. The lowest BCUT2D eigenvalue weighted by Crippen LogP contribution is -2.33. The van der Waals surface area contributed by atoms with Gasteiger partial charge in [-0.1, -0.05) is 43.5 Å². The first-order valence-electron chi connectivity index (χ1n) is 12.3. The van der Waals surface area contributed by atoms with Crippen molar-refractivity contribution in [3.05, 3.63) is 119 Å². The average Bonchev–Trinajstić information content (AvgIpc) is 3.40. The third-order valence-corrected chi connectivity index (χ3v) is 5.99. The lowest BCUT2D eigenvalue weighted by atomic mass is 9.96. The van der Waals surface area contributed by atoms with Crippen LogP contribution in [0.2, 0.25) is 0 Å². The summed E-state index contributed by atoms with van der Waals surface area (Å²) >= 11 is 0. The van der Waals surface area contributed by atoms with Crippen LogP contribution in [-0.2, 0) is 6.42 Å². The summed E-state index contributed by atoms with van der Waals surface area (Å²) in [4.78, 5) is 0. The van der Waals surface area contributed by atoms with Crippen LogP contribution >= 0.6 is 0 Å². The van der Waals surface area contributed by atoms with Gasteiger partial charge >= 0.3 is 0 Å². The summed E-state index contributed by atoms with van der Waals surface area (Å²) in [7, 11) is 0. The third kappa shape index (κ3) is 7.45. The van der Waals surface area contributed by atoms with Crippen molar-refractivity contribution in [1.29, 1.82) is 0 Å². The van der Waals surface area contributed by atoms with Crippen molar-refractivity contribution in [2.75, 3.05) is 5.73 Å². The fourth-order valence-corrected chi connectivity index (χ4v) is 4.21. The summed E-state index contributed by atoms with van der Waals surface area (Å²) in [6, 6.07) is 6.71. The number of allylic oxidation sites excluding steroid dienone is 8. The maximum absolute atomic E-state index is 6.35. The Labute approximate surface area is 217 Å². The predicted octanol–water partition coefficient (Wildman–Crippen LogP) is 6.28. The van der Waals surface area contributed by atoms with Crippen molar-refractivity contribution in [2.24, 2.45) is 0 Å². The number of nitrogens with one attached hydrogen (secondary N) is 3. The molecule has 0 saturated heterocycles. The van der Waals surface area contributed by atoms with E-state index in [-0.39, 0.29) is 6.04 Å². The molecule has 188 valence electrons. The molecule has 0 bridgehead atoms. The van der Waals surface area contributed by atoms with E-state index in [4.69, 9.17) is 5.73 Å². The van der Waals surface area contributed by atoms with Gasteiger partial charge in [0.2, 0.25) is 0 Å². The molecule has 1 unspecified atom stereocenters. The smallest absolute Gasteiger partial charge is 0.0739 e. The summed E-state index contributed by atoms with van der Waals surface area (Å²) in [5.74, 6) is 0. The molecule has 0 amide bonds. The third-order valence-electron chi connectivity index (χ3n) is 5.99. The minimum atomic E-state index is 0.190. The molecule has 36 heavy (non-hydrogen) atoms. The molecule has 2 aliphatic rings. The van der Waals surface area contributed by atoms with Crippen LogP contribution in [0.25, 0.3) is 5.57 Å². The van der Waals surface area contributed by atoms with E-state index >= 15 is 0 Å². The van der Waals surface area contributed by atoms with E-state index in [1.165, 1.54) is 11.1 Å². The summed E-state index contributed by atoms with van der Waals surface area (Å²) in [5, 5.41) is 10.4. The molecule has 0 spiro atoms. The number of dihydropyridines is 1. The quantitative estimate of drug-likeness (QED) is 0.181. The summed E-state index contributed by atoms with van der Waals surface area (Å²) < 4.78 is 0. The monoisotopic (exact) mass is 480 g/mol. The molecule has 0 aromatic heterocycles. The van der Waals surface area contributed by atoms with Gasteiger partial charge in [-0.15, -0.1) is 12.8 Å². The van der Waals surface area contributed by atoms with Gasteiger partial charge in [-0.3, -0.25) is 0 Å². The van der Waals surface area contributed by atoms with Crippen molar-refractivity contribution in [1.82, 2.24) is 16.0 Å². The number of nitrogen functional groups attached to an aromatic ring is 1. The standard InChI is InChI=1S/C30H38N4.C2H2/c1-7-23(19-27(8-2)33-20(3)4)25-13-14-28(31)26(18-25)17-21(5)34-29-15-16-32-30(22(29)6)24-11-9-10-12-24;1-2/h7-9,11-16,18-20,30,32-34H,2,5,10,17,31H2,1,3-4,6H3;1-2H/b23-7+,27-19+;. The highest BCUT2D eigenvalue weighted by Gasteiger charge is 2.20. The Kier molecular flexibility index (Phi) is 10.7. The molecule has 1 aliphatic heterocycles. The fourth-order valence-electron chi connectivity index (χ4n) is 4.21. The fraction of sp³-hybridized carbons (Fsp3) is 0.250. The van der Waals surface area contributed by atoms with E-state index in [2.05, 4.69) is 111 Å². The molecule has 0 radical (unpaired) electrons. The van der Waals surface area contributed by atoms with E-state index in [0.717, 1.165) is 45.9 Å². The lowest BCUT2D eigenvalue weighted by Gasteiger charge is -2.26. The van der Waals surface area contributed by atoms with E-state index in [1.54, 1.807) is 0 Å². The van der Waals surface area contributed by atoms with Gasteiger partial charge in [-0.05, 0) is 98.5 Å². The van der Waals surface area contributed by atoms with Crippen molar-refractivity contribution in [3.63, 3.8) is 0 Å². The van der Waals surface area contributed by atoms with Crippen LogP contribution in [0.1, 0.15) is 45.2 Å². The normalized spacial score (nSPS) is 17.2. The first-order valence-corrected chi connectivity index (χ1v) is 12.3. The van der Waals surface area contributed by atoms with E-state index in [1.807, 2.05) is 25.3 Å². The second-order valence-electron chi connectivity index (χ2n) is 9.04. The van der Waals surface area contributed by atoms with Crippen molar-refractivity contribution in [2.45, 2.75) is 52.6 Å². The Morgan fingerprint density at radius 2 is 2.03 bits per heavy atom. The van der Waals surface area contributed by atoms with Crippen LogP contribution in [0.3, 0.4) is 0 Å². The van der Waals surface area contributed by atoms with Gasteiger partial charge in [0.1, 0.15) is 0 Å². The maximum Gasteiger partial charge on any atom is 0.0739 e. The van der Waals surface area contributed by atoms with Crippen LogP contribution in [0.15, 0.2) is 108 Å². The molecule has 4 heteroatoms. The van der Waals surface area contributed by atoms with Crippen molar-refractivity contribution >= 4 is 11.3 Å².